The first-order valence-corrected chi connectivity index (χ1v) is 6.47. The Hall–Kier alpha value is -1.09. The monoisotopic (exact) mass is 235 g/mol. The summed E-state index contributed by atoms with van der Waals surface area (Å²) in [4.78, 5) is 4.32. The van der Waals surface area contributed by atoms with E-state index in [2.05, 4.69) is 55.4 Å². The molecule has 3 heteroatoms. The maximum Gasteiger partial charge on any atom is 0.126 e. The van der Waals surface area contributed by atoms with Crippen molar-refractivity contribution in [3.05, 3.63) is 23.9 Å². The van der Waals surface area contributed by atoms with Crippen LogP contribution in [0.2, 0.25) is 0 Å². The number of hydrogen-bond donors (Lipinski definition) is 2. The number of pyridine rings is 1. The van der Waals surface area contributed by atoms with Crippen LogP contribution in [0, 0.1) is 11.8 Å². The Morgan fingerprint density at radius 1 is 1.12 bits per heavy atom. The number of aromatic nitrogens is 1. The molecule has 1 aromatic heterocycles. The minimum absolute atomic E-state index is 0.638. The van der Waals surface area contributed by atoms with Crippen molar-refractivity contribution < 1.29 is 0 Å². The highest BCUT2D eigenvalue weighted by molar-refractivity contribution is 5.37. The van der Waals surface area contributed by atoms with E-state index in [1.165, 1.54) is 5.56 Å². The van der Waals surface area contributed by atoms with Gasteiger partial charge in [0.2, 0.25) is 0 Å². The van der Waals surface area contributed by atoms with Gasteiger partial charge in [-0.3, -0.25) is 0 Å². The maximum absolute atomic E-state index is 4.32. The number of hydrogen-bond acceptors (Lipinski definition) is 3. The molecule has 0 aromatic carbocycles. The molecule has 0 aliphatic rings. The van der Waals surface area contributed by atoms with Crippen molar-refractivity contribution in [1.29, 1.82) is 0 Å². The van der Waals surface area contributed by atoms with Gasteiger partial charge in [-0.25, -0.2) is 4.98 Å². The molecule has 1 heterocycles. The summed E-state index contributed by atoms with van der Waals surface area (Å²) in [7, 11) is 0. The maximum atomic E-state index is 4.32. The zero-order chi connectivity index (χ0) is 12.7. The summed E-state index contributed by atoms with van der Waals surface area (Å²) in [5.41, 5.74) is 1.28. The third-order valence-electron chi connectivity index (χ3n) is 2.40. The Morgan fingerprint density at radius 3 is 2.47 bits per heavy atom. The van der Waals surface area contributed by atoms with Gasteiger partial charge in [0.1, 0.15) is 5.82 Å². The van der Waals surface area contributed by atoms with E-state index >= 15 is 0 Å². The molecular weight excluding hydrogens is 210 g/mol. The second-order valence-electron chi connectivity index (χ2n) is 5.35. The summed E-state index contributed by atoms with van der Waals surface area (Å²) < 4.78 is 0. The van der Waals surface area contributed by atoms with Gasteiger partial charge < -0.3 is 10.6 Å². The lowest BCUT2D eigenvalue weighted by atomic mass is 10.2. The van der Waals surface area contributed by atoms with Crippen LogP contribution in [0.4, 0.5) is 5.82 Å². The van der Waals surface area contributed by atoms with Crippen LogP contribution in [0.15, 0.2) is 18.3 Å². The van der Waals surface area contributed by atoms with E-state index in [1.54, 1.807) is 0 Å². The minimum Gasteiger partial charge on any atom is -0.370 e. The van der Waals surface area contributed by atoms with Crippen LogP contribution in [0.1, 0.15) is 33.3 Å². The Morgan fingerprint density at radius 2 is 1.82 bits per heavy atom. The lowest BCUT2D eigenvalue weighted by Gasteiger charge is -2.10. The first-order chi connectivity index (χ1) is 8.08. The van der Waals surface area contributed by atoms with Gasteiger partial charge in [-0.15, -0.1) is 0 Å². The van der Waals surface area contributed by atoms with Crippen molar-refractivity contribution in [2.75, 3.05) is 18.4 Å². The highest BCUT2D eigenvalue weighted by Crippen LogP contribution is 2.07. The van der Waals surface area contributed by atoms with E-state index in [-0.39, 0.29) is 0 Å². The van der Waals surface area contributed by atoms with Crippen LogP contribution in [0.25, 0.3) is 0 Å². The highest BCUT2D eigenvalue weighted by atomic mass is 15.0. The molecule has 17 heavy (non-hydrogen) atoms. The summed E-state index contributed by atoms with van der Waals surface area (Å²) in [5, 5.41) is 6.78. The Bertz CT molecular complexity index is 321. The van der Waals surface area contributed by atoms with Crippen molar-refractivity contribution in [2.24, 2.45) is 11.8 Å². The third kappa shape index (κ3) is 6.27. The van der Waals surface area contributed by atoms with E-state index < -0.39 is 0 Å². The molecule has 0 unspecified atom stereocenters. The molecule has 0 atom stereocenters. The molecule has 0 fully saturated rings. The molecule has 1 aromatic rings. The van der Waals surface area contributed by atoms with Crippen LogP contribution in [-0.2, 0) is 6.54 Å². The summed E-state index contributed by atoms with van der Waals surface area (Å²) >= 11 is 0. The Balaban J connectivity index is 2.42. The van der Waals surface area contributed by atoms with Crippen LogP contribution in [0.5, 0.6) is 0 Å². The van der Waals surface area contributed by atoms with Crippen molar-refractivity contribution in [3.63, 3.8) is 0 Å². The summed E-state index contributed by atoms with van der Waals surface area (Å²) in [6.07, 6.45) is 1.87. The smallest absolute Gasteiger partial charge is 0.126 e. The zero-order valence-corrected chi connectivity index (χ0v) is 11.5. The first kappa shape index (κ1) is 14.0. The van der Waals surface area contributed by atoms with E-state index in [0.29, 0.717) is 11.8 Å². The number of nitrogens with zero attached hydrogens (tertiary/aromatic N) is 1. The molecule has 0 bridgehead atoms. The second-order valence-corrected chi connectivity index (χ2v) is 5.35. The average molecular weight is 235 g/mol. The molecule has 0 saturated heterocycles. The standard InChI is InChI=1S/C14H25N3/c1-11(2)8-15-10-13-5-6-16-14(7-13)17-9-12(3)4/h5-7,11-12,15H,8-10H2,1-4H3,(H,16,17). The normalized spacial score (nSPS) is 11.2. The van der Waals surface area contributed by atoms with Crippen molar-refractivity contribution >= 4 is 5.82 Å². The summed E-state index contributed by atoms with van der Waals surface area (Å²) in [6.45, 7) is 11.8. The van der Waals surface area contributed by atoms with Gasteiger partial charge in [-0.1, -0.05) is 27.7 Å². The molecule has 2 N–H and O–H groups in total. The SMILES string of the molecule is CC(C)CNCc1ccnc(NCC(C)C)c1. The van der Waals surface area contributed by atoms with Crippen LogP contribution in [-0.4, -0.2) is 18.1 Å². The number of nitrogens with one attached hydrogen (secondary N) is 2. The molecule has 0 spiro atoms. The fourth-order valence-electron chi connectivity index (χ4n) is 1.49. The summed E-state index contributed by atoms with van der Waals surface area (Å²) in [6, 6.07) is 4.18. The predicted octanol–water partition coefficient (Wildman–Crippen LogP) is 2.90. The second kappa shape index (κ2) is 7.28. The topological polar surface area (TPSA) is 37.0 Å². The van der Waals surface area contributed by atoms with Crippen LogP contribution in [0.3, 0.4) is 0 Å². The third-order valence-corrected chi connectivity index (χ3v) is 2.40. The Kier molecular flexibility index (Phi) is 5.98. The predicted molar refractivity (Wildman–Crippen MR) is 74.1 cm³/mol. The molecule has 0 aliphatic heterocycles. The van der Waals surface area contributed by atoms with Gasteiger partial charge in [-0.05, 0) is 36.1 Å². The molecule has 3 nitrogen and oxygen atoms in total. The molecule has 0 amide bonds. The molecule has 1 rings (SSSR count). The number of anilines is 1. The van der Waals surface area contributed by atoms with Crippen molar-refractivity contribution in [1.82, 2.24) is 10.3 Å². The summed E-state index contributed by atoms with van der Waals surface area (Å²) in [5.74, 6) is 2.30. The zero-order valence-electron chi connectivity index (χ0n) is 11.5. The van der Waals surface area contributed by atoms with Crippen molar-refractivity contribution in [2.45, 2.75) is 34.2 Å². The lowest BCUT2D eigenvalue weighted by molar-refractivity contribution is 0.552. The lowest BCUT2D eigenvalue weighted by Crippen LogP contribution is -2.19. The molecule has 96 valence electrons. The average Bonchev–Trinajstić information content (AvgIpc) is 2.26. The van der Waals surface area contributed by atoms with Gasteiger partial charge in [0.15, 0.2) is 0 Å². The van der Waals surface area contributed by atoms with E-state index in [4.69, 9.17) is 0 Å². The fraction of sp³-hybridized carbons (Fsp3) is 0.643. The Labute approximate surface area is 105 Å². The van der Waals surface area contributed by atoms with Gasteiger partial charge >= 0.3 is 0 Å². The minimum atomic E-state index is 0.638. The van der Waals surface area contributed by atoms with Crippen molar-refractivity contribution in [3.8, 4) is 0 Å². The highest BCUT2D eigenvalue weighted by Gasteiger charge is 1.99. The molecule has 0 radical (unpaired) electrons. The number of rotatable bonds is 7. The van der Waals surface area contributed by atoms with E-state index in [1.807, 2.05) is 6.20 Å². The van der Waals surface area contributed by atoms with Crippen LogP contribution < -0.4 is 10.6 Å². The fourth-order valence-corrected chi connectivity index (χ4v) is 1.49. The molecule has 0 saturated carbocycles. The van der Waals surface area contributed by atoms with Gasteiger partial charge in [0.25, 0.3) is 0 Å². The largest absolute Gasteiger partial charge is 0.370 e. The van der Waals surface area contributed by atoms with Crippen LogP contribution >= 0.6 is 0 Å². The van der Waals surface area contributed by atoms with E-state index in [9.17, 15) is 0 Å². The van der Waals surface area contributed by atoms with Gasteiger partial charge in [0, 0.05) is 19.3 Å². The molecular formula is C14H25N3. The quantitative estimate of drug-likeness (QED) is 0.763. The van der Waals surface area contributed by atoms with Gasteiger partial charge in [-0.2, -0.15) is 0 Å². The van der Waals surface area contributed by atoms with E-state index in [0.717, 1.165) is 25.5 Å². The molecule has 0 aliphatic carbocycles. The van der Waals surface area contributed by atoms with Gasteiger partial charge in [0.05, 0.1) is 0 Å². The first-order valence-electron chi connectivity index (χ1n) is 6.47.